The second-order valence-corrected chi connectivity index (χ2v) is 6.20. The summed E-state index contributed by atoms with van der Waals surface area (Å²) in [5, 5.41) is 8.41. The molecule has 2 rings (SSSR count). The molecule has 0 aliphatic heterocycles. The van der Waals surface area contributed by atoms with Crippen LogP contribution in [0.4, 0.5) is 0 Å². The smallest absolute Gasteiger partial charge is 0.165 e. The summed E-state index contributed by atoms with van der Waals surface area (Å²) in [5.74, 6) is 1.97. The molecule has 1 aromatic carbocycles. The van der Waals surface area contributed by atoms with Crippen LogP contribution in [0.3, 0.4) is 0 Å². The summed E-state index contributed by atoms with van der Waals surface area (Å²) in [6.07, 6.45) is 0. The number of hydrogen-bond acceptors (Lipinski definition) is 2. The van der Waals surface area contributed by atoms with Gasteiger partial charge in [-0.15, -0.1) is 21.8 Å². The second kappa shape index (κ2) is 5.72. The lowest BCUT2D eigenvalue weighted by Gasteiger charge is -2.14. The Morgan fingerprint density at radius 1 is 1.28 bits per heavy atom. The van der Waals surface area contributed by atoms with E-state index in [0.717, 1.165) is 26.2 Å². The topological polar surface area (TPSA) is 30.7 Å². The zero-order valence-corrected chi connectivity index (χ0v) is 13.9. The van der Waals surface area contributed by atoms with Gasteiger partial charge in [0.05, 0.1) is 5.88 Å². The fourth-order valence-corrected chi connectivity index (χ4v) is 2.78. The van der Waals surface area contributed by atoms with E-state index in [4.69, 9.17) is 11.6 Å². The van der Waals surface area contributed by atoms with Crippen LogP contribution in [-0.4, -0.2) is 14.8 Å². The van der Waals surface area contributed by atoms with E-state index in [1.54, 1.807) is 0 Å². The van der Waals surface area contributed by atoms with Crippen molar-refractivity contribution >= 4 is 43.5 Å². The number of hydrogen-bond donors (Lipinski definition) is 0. The third-order valence-corrected chi connectivity index (χ3v) is 4.00. The average Bonchev–Trinajstić information content (AvgIpc) is 2.75. The molecule has 0 N–H and O–H groups in total. The lowest BCUT2D eigenvalue weighted by atomic mass is 10.2. The predicted molar refractivity (Wildman–Crippen MR) is 80.8 cm³/mol. The number of benzene rings is 1. The largest absolute Gasteiger partial charge is 0.307 e. The van der Waals surface area contributed by atoms with Crippen molar-refractivity contribution in [1.29, 1.82) is 0 Å². The minimum Gasteiger partial charge on any atom is -0.307 e. The highest BCUT2D eigenvalue weighted by molar-refractivity contribution is 9.11. The van der Waals surface area contributed by atoms with Crippen molar-refractivity contribution in [1.82, 2.24) is 14.8 Å². The standard InChI is InChI=1S/C12H12Br2ClN3/c1-7(2)18-11(6-15)16-17-12(18)9-5-8(13)3-4-10(9)14/h3-5,7H,6H2,1-2H3. The van der Waals surface area contributed by atoms with Gasteiger partial charge in [-0.05, 0) is 32.0 Å². The molecule has 2 aromatic rings. The Labute approximate surface area is 128 Å². The van der Waals surface area contributed by atoms with Crippen molar-refractivity contribution < 1.29 is 0 Å². The first-order chi connectivity index (χ1) is 8.54. The summed E-state index contributed by atoms with van der Waals surface area (Å²) in [7, 11) is 0. The number of aromatic nitrogens is 3. The van der Waals surface area contributed by atoms with Crippen LogP contribution in [0.15, 0.2) is 27.1 Å². The molecule has 0 amide bonds. The van der Waals surface area contributed by atoms with Gasteiger partial charge >= 0.3 is 0 Å². The molecular formula is C12H12Br2ClN3. The van der Waals surface area contributed by atoms with Crippen molar-refractivity contribution in [2.75, 3.05) is 0 Å². The lowest BCUT2D eigenvalue weighted by Crippen LogP contribution is -2.07. The normalized spacial score (nSPS) is 11.2. The molecule has 0 radical (unpaired) electrons. The third-order valence-electron chi connectivity index (χ3n) is 2.57. The highest BCUT2D eigenvalue weighted by Gasteiger charge is 2.17. The molecule has 0 atom stereocenters. The van der Waals surface area contributed by atoms with Gasteiger partial charge in [0.15, 0.2) is 5.82 Å². The molecule has 18 heavy (non-hydrogen) atoms. The summed E-state index contributed by atoms with van der Waals surface area (Å²) < 4.78 is 4.05. The Balaban J connectivity index is 2.63. The lowest BCUT2D eigenvalue weighted by molar-refractivity contribution is 0.585. The maximum Gasteiger partial charge on any atom is 0.165 e. The first kappa shape index (κ1) is 14.0. The Bertz CT molecular complexity index is 566. The van der Waals surface area contributed by atoms with Crippen LogP contribution in [0.25, 0.3) is 11.4 Å². The van der Waals surface area contributed by atoms with Crippen molar-refractivity contribution in [3.8, 4) is 11.4 Å². The van der Waals surface area contributed by atoms with E-state index in [-0.39, 0.29) is 6.04 Å². The molecule has 0 aliphatic rings. The molecular weight excluding hydrogens is 381 g/mol. The SMILES string of the molecule is CC(C)n1c(CCl)nnc1-c1cc(Br)ccc1Br. The van der Waals surface area contributed by atoms with Gasteiger partial charge in [0.25, 0.3) is 0 Å². The van der Waals surface area contributed by atoms with Crippen LogP contribution in [0.1, 0.15) is 25.7 Å². The maximum absolute atomic E-state index is 5.90. The highest BCUT2D eigenvalue weighted by Crippen LogP contribution is 2.32. The molecule has 96 valence electrons. The molecule has 0 saturated heterocycles. The van der Waals surface area contributed by atoms with E-state index < -0.39 is 0 Å². The molecule has 1 heterocycles. The first-order valence-electron chi connectivity index (χ1n) is 5.49. The minimum absolute atomic E-state index is 0.259. The van der Waals surface area contributed by atoms with Crippen LogP contribution in [0.5, 0.6) is 0 Å². The van der Waals surface area contributed by atoms with Crippen LogP contribution in [-0.2, 0) is 5.88 Å². The van der Waals surface area contributed by atoms with Gasteiger partial charge in [0, 0.05) is 20.6 Å². The quantitative estimate of drug-likeness (QED) is 0.702. The summed E-state index contributed by atoms with van der Waals surface area (Å²) in [6.45, 7) is 4.18. The van der Waals surface area contributed by atoms with Crippen molar-refractivity contribution in [3.63, 3.8) is 0 Å². The fourth-order valence-electron chi connectivity index (χ4n) is 1.81. The van der Waals surface area contributed by atoms with E-state index in [9.17, 15) is 0 Å². The summed E-state index contributed by atoms with van der Waals surface area (Å²) in [5.41, 5.74) is 1.00. The molecule has 0 fully saturated rings. The van der Waals surface area contributed by atoms with Crippen LogP contribution in [0, 0.1) is 0 Å². The molecule has 0 saturated carbocycles. The van der Waals surface area contributed by atoms with Crippen molar-refractivity contribution in [2.45, 2.75) is 25.8 Å². The predicted octanol–water partition coefficient (Wildman–Crippen LogP) is 4.79. The van der Waals surface area contributed by atoms with Gasteiger partial charge in [-0.3, -0.25) is 0 Å². The van der Waals surface area contributed by atoms with E-state index in [0.29, 0.717) is 5.88 Å². The van der Waals surface area contributed by atoms with Crippen LogP contribution < -0.4 is 0 Å². The fraction of sp³-hybridized carbons (Fsp3) is 0.333. The Morgan fingerprint density at radius 3 is 2.61 bits per heavy atom. The minimum atomic E-state index is 0.259. The van der Waals surface area contributed by atoms with E-state index in [1.165, 1.54) is 0 Å². The van der Waals surface area contributed by atoms with E-state index >= 15 is 0 Å². The van der Waals surface area contributed by atoms with Gasteiger partial charge in [-0.25, -0.2) is 0 Å². The van der Waals surface area contributed by atoms with Gasteiger partial charge in [0.2, 0.25) is 0 Å². The summed E-state index contributed by atoms with van der Waals surface area (Å²) in [6, 6.07) is 6.24. The second-order valence-electron chi connectivity index (χ2n) is 4.16. The molecule has 0 unspecified atom stereocenters. The monoisotopic (exact) mass is 391 g/mol. The van der Waals surface area contributed by atoms with E-state index in [1.807, 2.05) is 18.2 Å². The van der Waals surface area contributed by atoms with Crippen LogP contribution in [0.2, 0.25) is 0 Å². The number of alkyl halides is 1. The molecule has 0 aliphatic carbocycles. The molecule has 1 aromatic heterocycles. The zero-order chi connectivity index (χ0) is 13.3. The number of rotatable bonds is 3. The van der Waals surface area contributed by atoms with Crippen LogP contribution >= 0.6 is 43.5 Å². The van der Waals surface area contributed by atoms with E-state index in [2.05, 4.69) is 60.5 Å². The van der Waals surface area contributed by atoms with Crippen molar-refractivity contribution in [3.05, 3.63) is 33.0 Å². The molecule has 0 bridgehead atoms. The zero-order valence-electron chi connectivity index (χ0n) is 9.99. The molecule has 3 nitrogen and oxygen atoms in total. The Kier molecular flexibility index (Phi) is 4.45. The summed E-state index contributed by atoms with van der Waals surface area (Å²) >= 11 is 12.9. The van der Waals surface area contributed by atoms with Gasteiger partial charge < -0.3 is 4.57 Å². The number of halogens is 3. The number of nitrogens with zero attached hydrogens (tertiary/aromatic N) is 3. The van der Waals surface area contributed by atoms with Gasteiger partial charge in [-0.1, -0.05) is 31.9 Å². The molecule has 6 heteroatoms. The van der Waals surface area contributed by atoms with Crippen molar-refractivity contribution in [2.24, 2.45) is 0 Å². The first-order valence-corrected chi connectivity index (χ1v) is 7.61. The van der Waals surface area contributed by atoms with Gasteiger partial charge in [-0.2, -0.15) is 0 Å². The summed E-state index contributed by atoms with van der Waals surface area (Å²) in [4.78, 5) is 0. The van der Waals surface area contributed by atoms with Gasteiger partial charge in [0.1, 0.15) is 5.82 Å². The Morgan fingerprint density at radius 2 is 2.00 bits per heavy atom. The average molecular weight is 394 g/mol. The highest BCUT2D eigenvalue weighted by atomic mass is 79.9. The Hall–Kier alpha value is -0.390. The molecule has 0 spiro atoms. The third kappa shape index (κ3) is 2.63. The maximum atomic E-state index is 5.90.